The van der Waals surface area contributed by atoms with E-state index in [2.05, 4.69) is 11.9 Å². The molecular weight excluding hydrogens is 355 g/mol. The smallest absolute Gasteiger partial charge is 0.255 e. The summed E-state index contributed by atoms with van der Waals surface area (Å²) in [5, 5.41) is 0. The highest BCUT2D eigenvalue weighted by Gasteiger charge is 2.23. The number of hydrogen-bond donors (Lipinski definition) is 0. The van der Waals surface area contributed by atoms with Crippen LogP contribution in [-0.2, 0) is 15.6 Å². The molecule has 1 aliphatic rings. The van der Waals surface area contributed by atoms with Crippen molar-refractivity contribution in [1.82, 2.24) is 9.88 Å². The van der Waals surface area contributed by atoms with Crippen LogP contribution >= 0.6 is 0 Å². The van der Waals surface area contributed by atoms with Gasteiger partial charge in [-0.15, -0.1) is 0 Å². The second-order valence-electron chi connectivity index (χ2n) is 6.75. The van der Waals surface area contributed by atoms with E-state index in [0.717, 1.165) is 18.9 Å². The van der Waals surface area contributed by atoms with Crippen molar-refractivity contribution in [2.24, 2.45) is 5.92 Å². The highest BCUT2D eigenvalue weighted by Crippen LogP contribution is 2.21. The molecule has 0 bridgehead atoms. The third-order valence-electron chi connectivity index (χ3n) is 4.64. The number of halogens is 1. The highest BCUT2D eigenvalue weighted by atomic mass is 32.2. The number of nitrogens with zero attached hydrogens (tertiary/aromatic N) is 2. The maximum absolute atomic E-state index is 13.8. The zero-order valence-corrected chi connectivity index (χ0v) is 15.4. The van der Waals surface area contributed by atoms with Gasteiger partial charge in [-0.2, -0.15) is 0 Å². The van der Waals surface area contributed by atoms with E-state index in [1.54, 1.807) is 4.90 Å². The Hall–Kier alpha value is -2.28. The summed E-state index contributed by atoms with van der Waals surface area (Å²) >= 11 is 0. The number of benzene rings is 1. The summed E-state index contributed by atoms with van der Waals surface area (Å²) in [6.07, 6.45) is 4.76. The Morgan fingerprint density at radius 1 is 1.23 bits per heavy atom. The summed E-state index contributed by atoms with van der Waals surface area (Å²) < 4.78 is 38.8. The molecule has 0 atom stereocenters. The second-order valence-corrected chi connectivity index (χ2v) is 8.70. The third kappa shape index (κ3) is 4.09. The van der Waals surface area contributed by atoms with E-state index in [9.17, 15) is 17.6 Å². The van der Waals surface area contributed by atoms with E-state index in [1.165, 1.54) is 36.7 Å². The van der Waals surface area contributed by atoms with Crippen LogP contribution in [0.4, 0.5) is 4.39 Å². The van der Waals surface area contributed by atoms with Gasteiger partial charge in [0.2, 0.25) is 0 Å². The number of piperidine rings is 1. The molecule has 0 aliphatic carbocycles. The first-order valence-electron chi connectivity index (χ1n) is 8.57. The summed E-state index contributed by atoms with van der Waals surface area (Å²) in [7, 11) is -3.86. The molecule has 1 fully saturated rings. The van der Waals surface area contributed by atoms with Crippen LogP contribution in [0.3, 0.4) is 0 Å². The van der Waals surface area contributed by atoms with Crippen LogP contribution in [-0.4, -0.2) is 37.3 Å². The lowest BCUT2D eigenvalue weighted by Gasteiger charge is -2.30. The van der Waals surface area contributed by atoms with Crippen LogP contribution in [0.25, 0.3) is 0 Å². The molecule has 1 saturated heterocycles. The number of rotatable bonds is 4. The van der Waals surface area contributed by atoms with Crippen molar-refractivity contribution in [3.63, 3.8) is 0 Å². The van der Waals surface area contributed by atoms with Gasteiger partial charge in [-0.1, -0.05) is 19.1 Å². The maximum Gasteiger partial charge on any atom is 0.255 e. The van der Waals surface area contributed by atoms with Gasteiger partial charge in [0.05, 0.1) is 11.3 Å². The molecule has 5 nitrogen and oxygen atoms in total. The zero-order chi connectivity index (χ0) is 18.7. The van der Waals surface area contributed by atoms with Crippen molar-refractivity contribution >= 4 is 15.7 Å². The van der Waals surface area contributed by atoms with Crippen LogP contribution in [0.2, 0.25) is 0 Å². The Morgan fingerprint density at radius 3 is 2.62 bits per heavy atom. The molecule has 0 N–H and O–H groups in total. The van der Waals surface area contributed by atoms with Gasteiger partial charge in [-0.25, -0.2) is 12.8 Å². The lowest BCUT2D eigenvalue weighted by atomic mass is 9.99. The Morgan fingerprint density at radius 2 is 1.92 bits per heavy atom. The molecule has 0 radical (unpaired) electrons. The van der Waals surface area contributed by atoms with Crippen LogP contribution in [0, 0.1) is 11.7 Å². The van der Waals surface area contributed by atoms with Gasteiger partial charge >= 0.3 is 0 Å². The van der Waals surface area contributed by atoms with Crippen LogP contribution < -0.4 is 0 Å². The van der Waals surface area contributed by atoms with Gasteiger partial charge in [-0.3, -0.25) is 9.78 Å². The molecule has 7 heteroatoms. The fourth-order valence-electron chi connectivity index (χ4n) is 3.07. The SMILES string of the molecule is CC1CCN(C(=O)c2cncc(CS(=O)(=O)c3ccccc3F)c2)CC1. The molecule has 3 rings (SSSR count). The number of carbonyl (C=O) groups is 1. The van der Waals surface area contributed by atoms with E-state index in [4.69, 9.17) is 0 Å². The Kier molecular flexibility index (Phi) is 5.36. The molecule has 2 aromatic rings. The highest BCUT2D eigenvalue weighted by molar-refractivity contribution is 7.90. The minimum atomic E-state index is -3.86. The summed E-state index contributed by atoms with van der Waals surface area (Å²) in [6, 6.07) is 6.80. The predicted octanol–water partition coefficient (Wildman–Crippen LogP) is 3.07. The summed E-state index contributed by atoms with van der Waals surface area (Å²) in [6.45, 7) is 3.55. The van der Waals surface area contributed by atoms with Gasteiger partial charge in [0.15, 0.2) is 9.84 Å². The Labute approximate surface area is 152 Å². The third-order valence-corrected chi connectivity index (χ3v) is 6.36. The molecule has 0 unspecified atom stereocenters. The first kappa shape index (κ1) is 18.5. The van der Waals surface area contributed by atoms with Gasteiger partial charge in [-0.05, 0) is 42.5 Å². The molecule has 1 aromatic heterocycles. The first-order valence-corrected chi connectivity index (χ1v) is 10.2. The van der Waals surface area contributed by atoms with Crippen molar-refractivity contribution in [2.45, 2.75) is 30.4 Å². The molecule has 0 saturated carbocycles. The van der Waals surface area contributed by atoms with Gasteiger partial charge in [0, 0.05) is 25.5 Å². The molecule has 26 heavy (non-hydrogen) atoms. The largest absolute Gasteiger partial charge is 0.339 e. The van der Waals surface area contributed by atoms with Gasteiger partial charge in [0.25, 0.3) is 5.91 Å². The number of amides is 1. The fraction of sp³-hybridized carbons (Fsp3) is 0.368. The van der Waals surface area contributed by atoms with Crippen LogP contribution in [0.15, 0.2) is 47.6 Å². The maximum atomic E-state index is 13.8. The molecule has 1 aliphatic heterocycles. The Bertz CT molecular complexity index is 907. The van der Waals surface area contributed by atoms with Crippen molar-refractivity contribution in [2.75, 3.05) is 13.1 Å². The molecular formula is C19H21FN2O3S. The predicted molar refractivity (Wildman–Crippen MR) is 95.8 cm³/mol. The quantitative estimate of drug-likeness (QED) is 0.822. The molecule has 1 aromatic carbocycles. The summed E-state index contributed by atoms with van der Waals surface area (Å²) in [4.78, 5) is 18.1. The van der Waals surface area contributed by atoms with E-state index >= 15 is 0 Å². The lowest BCUT2D eigenvalue weighted by Crippen LogP contribution is -2.38. The standard InChI is InChI=1S/C19H21FN2O3S/c1-14-6-8-22(9-7-14)19(23)16-10-15(11-21-12-16)13-26(24,25)18-5-3-2-4-17(18)20/h2-5,10-12,14H,6-9,13H2,1H3. The van der Waals surface area contributed by atoms with E-state index in [1.807, 2.05) is 0 Å². The number of aromatic nitrogens is 1. The van der Waals surface area contributed by atoms with E-state index in [0.29, 0.717) is 30.1 Å². The van der Waals surface area contributed by atoms with Crippen molar-refractivity contribution < 1.29 is 17.6 Å². The molecule has 138 valence electrons. The van der Waals surface area contributed by atoms with Crippen LogP contribution in [0.1, 0.15) is 35.7 Å². The number of likely N-dealkylation sites (tertiary alicyclic amines) is 1. The van der Waals surface area contributed by atoms with Crippen molar-refractivity contribution in [3.8, 4) is 0 Å². The zero-order valence-electron chi connectivity index (χ0n) is 14.6. The van der Waals surface area contributed by atoms with Crippen molar-refractivity contribution in [1.29, 1.82) is 0 Å². The molecule has 0 spiro atoms. The first-order chi connectivity index (χ1) is 12.4. The second kappa shape index (κ2) is 7.53. The number of sulfone groups is 1. The average Bonchev–Trinajstić information content (AvgIpc) is 2.62. The van der Waals surface area contributed by atoms with Crippen LogP contribution in [0.5, 0.6) is 0 Å². The molecule has 1 amide bonds. The monoisotopic (exact) mass is 376 g/mol. The topological polar surface area (TPSA) is 67.3 Å². The van der Waals surface area contributed by atoms with Crippen molar-refractivity contribution in [3.05, 3.63) is 59.7 Å². The number of hydrogen-bond acceptors (Lipinski definition) is 4. The van der Waals surface area contributed by atoms with E-state index in [-0.39, 0.29) is 10.8 Å². The average molecular weight is 376 g/mol. The number of pyridine rings is 1. The number of carbonyl (C=O) groups excluding carboxylic acids is 1. The van der Waals surface area contributed by atoms with E-state index < -0.39 is 21.4 Å². The lowest BCUT2D eigenvalue weighted by molar-refractivity contribution is 0.0696. The molecule has 2 heterocycles. The fourth-order valence-corrected chi connectivity index (χ4v) is 4.48. The van der Waals surface area contributed by atoms with Gasteiger partial charge < -0.3 is 4.90 Å². The minimum Gasteiger partial charge on any atom is -0.339 e. The normalized spacial score (nSPS) is 15.8. The summed E-state index contributed by atoms with van der Waals surface area (Å²) in [5.41, 5.74) is 0.727. The Balaban J connectivity index is 1.79. The summed E-state index contributed by atoms with van der Waals surface area (Å²) in [5.74, 6) is -0.724. The minimum absolute atomic E-state index is 0.144. The van der Waals surface area contributed by atoms with Gasteiger partial charge in [0.1, 0.15) is 10.7 Å².